The minimum absolute atomic E-state index is 0.106. The maximum absolute atomic E-state index is 12.9. The first-order chi connectivity index (χ1) is 17.1. The Balaban J connectivity index is 1.03. The zero-order valence-corrected chi connectivity index (χ0v) is 19.7. The van der Waals surface area contributed by atoms with Gasteiger partial charge in [0, 0.05) is 32.7 Å². The van der Waals surface area contributed by atoms with Crippen molar-refractivity contribution in [1.82, 2.24) is 15.0 Å². The van der Waals surface area contributed by atoms with Crippen LogP contribution in [0.15, 0.2) is 77.3 Å². The predicted octanol–water partition coefficient (Wildman–Crippen LogP) is 5.52. The monoisotopic (exact) mass is 468 g/mol. The molecule has 3 heterocycles. The predicted molar refractivity (Wildman–Crippen MR) is 135 cm³/mol. The highest BCUT2D eigenvalue weighted by Gasteiger charge is 2.41. The van der Waals surface area contributed by atoms with Gasteiger partial charge in [-0.2, -0.15) is 0 Å². The molecule has 178 valence electrons. The van der Waals surface area contributed by atoms with Gasteiger partial charge in [0.2, 0.25) is 0 Å². The van der Waals surface area contributed by atoms with Crippen molar-refractivity contribution in [2.24, 2.45) is 11.8 Å². The van der Waals surface area contributed by atoms with Crippen LogP contribution in [0.2, 0.25) is 0 Å². The minimum atomic E-state index is -0.106. The third kappa shape index (κ3) is 4.59. The number of benzene rings is 3. The molecule has 2 atom stereocenters. The largest absolute Gasteiger partial charge is 0.457 e. The zero-order chi connectivity index (χ0) is 23.8. The number of nitrogens with zero attached hydrogens (tertiary/aromatic N) is 3. The van der Waals surface area contributed by atoms with E-state index in [-0.39, 0.29) is 6.03 Å². The first kappa shape index (κ1) is 21.7. The lowest BCUT2D eigenvalue weighted by Gasteiger charge is -2.21. The summed E-state index contributed by atoms with van der Waals surface area (Å²) >= 11 is 0. The number of carbonyl (C=O) groups is 1. The lowest BCUT2D eigenvalue weighted by atomic mass is 10.0. The highest BCUT2D eigenvalue weighted by Crippen LogP contribution is 2.33. The van der Waals surface area contributed by atoms with Crippen LogP contribution in [0.1, 0.15) is 11.1 Å². The van der Waals surface area contributed by atoms with Crippen LogP contribution in [0, 0.1) is 18.8 Å². The van der Waals surface area contributed by atoms with Gasteiger partial charge in [-0.1, -0.05) is 47.1 Å². The molecular weight excluding hydrogens is 440 g/mol. The molecule has 7 heteroatoms. The number of likely N-dealkylation sites (tertiary alicyclic amines) is 2. The first-order valence-corrected chi connectivity index (χ1v) is 12.1. The van der Waals surface area contributed by atoms with E-state index < -0.39 is 0 Å². The van der Waals surface area contributed by atoms with E-state index in [1.807, 2.05) is 47.4 Å². The Labute approximate surface area is 204 Å². The molecule has 0 aliphatic carbocycles. The van der Waals surface area contributed by atoms with Crippen LogP contribution in [0.4, 0.5) is 10.6 Å². The molecule has 1 aromatic heterocycles. The molecule has 4 aromatic rings. The summed E-state index contributed by atoms with van der Waals surface area (Å²) < 4.78 is 11.3. The van der Waals surface area contributed by atoms with Crippen LogP contribution >= 0.6 is 0 Å². The number of urea groups is 1. The van der Waals surface area contributed by atoms with Crippen molar-refractivity contribution in [2.45, 2.75) is 13.5 Å². The van der Waals surface area contributed by atoms with Crippen LogP contribution in [-0.4, -0.2) is 47.2 Å². The van der Waals surface area contributed by atoms with Crippen molar-refractivity contribution in [3.63, 3.8) is 0 Å². The van der Waals surface area contributed by atoms with E-state index in [2.05, 4.69) is 52.6 Å². The number of anilines is 1. The van der Waals surface area contributed by atoms with Crippen molar-refractivity contribution in [3.05, 3.63) is 83.9 Å². The molecule has 7 nitrogen and oxygen atoms in total. The third-order valence-electron chi connectivity index (χ3n) is 7.01. The summed E-state index contributed by atoms with van der Waals surface area (Å²) in [7, 11) is 0. The van der Waals surface area contributed by atoms with Crippen LogP contribution < -0.4 is 10.1 Å². The number of para-hydroxylation sites is 1. The van der Waals surface area contributed by atoms with E-state index >= 15 is 0 Å². The number of hydrogen-bond donors (Lipinski definition) is 1. The molecule has 0 saturated carbocycles. The highest BCUT2D eigenvalue weighted by atomic mass is 16.5. The van der Waals surface area contributed by atoms with Crippen LogP contribution in [0.3, 0.4) is 0 Å². The standard InChI is InChI=1S/C28H28N4O3/c1-19-9-11-23(12-10-19)34-24-6-4-5-20(13-24)14-31-15-21-17-32(18-22(21)16-31)28(33)29-27-25-7-2-3-8-26(25)35-30-27/h2-13,21-22H,14-18H2,1H3,(H,29,30,33). The quantitative estimate of drug-likeness (QED) is 0.417. The van der Waals surface area contributed by atoms with Gasteiger partial charge in [-0.25, -0.2) is 4.79 Å². The van der Waals surface area contributed by atoms with Gasteiger partial charge in [-0.3, -0.25) is 10.2 Å². The fourth-order valence-electron chi connectivity index (χ4n) is 5.25. The van der Waals surface area contributed by atoms with Gasteiger partial charge >= 0.3 is 6.03 Å². The third-order valence-corrected chi connectivity index (χ3v) is 7.01. The van der Waals surface area contributed by atoms with E-state index in [0.717, 1.165) is 49.6 Å². The Morgan fingerprint density at radius 3 is 2.54 bits per heavy atom. The van der Waals surface area contributed by atoms with E-state index in [1.165, 1.54) is 11.1 Å². The summed E-state index contributed by atoms with van der Waals surface area (Å²) in [5.41, 5.74) is 3.13. The number of fused-ring (bicyclic) bond motifs is 2. The molecule has 2 saturated heterocycles. The van der Waals surface area contributed by atoms with Crippen molar-refractivity contribution >= 4 is 22.8 Å². The SMILES string of the molecule is Cc1ccc(Oc2cccc(CN3CC4CN(C(=O)Nc5noc6ccccc56)CC4C3)c2)cc1. The van der Waals surface area contributed by atoms with Gasteiger partial charge in [0.1, 0.15) is 11.5 Å². The van der Waals surface area contributed by atoms with Crippen LogP contribution in [0.25, 0.3) is 11.0 Å². The number of amides is 2. The van der Waals surface area contributed by atoms with Crippen LogP contribution in [0.5, 0.6) is 11.5 Å². The van der Waals surface area contributed by atoms with E-state index in [1.54, 1.807) is 0 Å². The topological polar surface area (TPSA) is 70.8 Å². The molecule has 0 radical (unpaired) electrons. The summed E-state index contributed by atoms with van der Waals surface area (Å²) in [4.78, 5) is 17.3. The number of nitrogens with one attached hydrogen (secondary N) is 1. The highest BCUT2D eigenvalue weighted by molar-refractivity contribution is 5.98. The smallest absolute Gasteiger partial charge is 0.323 e. The Bertz CT molecular complexity index is 1340. The van der Waals surface area contributed by atoms with Crippen molar-refractivity contribution < 1.29 is 14.1 Å². The Kier molecular flexibility index (Phi) is 5.62. The first-order valence-electron chi connectivity index (χ1n) is 12.1. The minimum Gasteiger partial charge on any atom is -0.457 e. The fourth-order valence-corrected chi connectivity index (χ4v) is 5.25. The van der Waals surface area contributed by atoms with E-state index in [4.69, 9.17) is 9.26 Å². The van der Waals surface area contributed by atoms with Crippen molar-refractivity contribution in [3.8, 4) is 11.5 Å². The normalized spacial score (nSPS) is 19.7. The maximum Gasteiger partial charge on any atom is 0.323 e. The molecule has 0 spiro atoms. The maximum atomic E-state index is 12.9. The Morgan fingerprint density at radius 1 is 0.971 bits per heavy atom. The molecular formula is C28H28N4O3. The number of aryl methyl sites for hydroxylation is 1. The van der Waals surface area contributed by atoms with Gasteiger partial charge in [-0.15, -0.1) is 0 Å². The Hall–Kier alpha value is -3.84. The fraction of sp³-hybridized carbons (Fsp3) is 0.286. The van der Waals surface area contributed by atoms with Gasteiger partial charge in [0.05, 0.1) is 5.39 Å². The van der Waals surface area contributed by atoms with E-state index in [0.29, 0.717) is 23.2 Å². The lowest BCUT2D eigenvalue weighted by molar-refractivity contribution is 0.211. The second-order valence-corrected chi connectivity index (χ2v) is 9.64. The zero-order valence-electron chi connectivity index (χ0n) is 19.7. The molecule has 2 unspecified atom stereocenters. The average Bonchev–Trinajstić information content (AvgIpc) is 3.55. The summed E-state index contributed by atoms with van der Waals surface area (Å²) in [6.07, 6.45) is 0. The number of aromatic nitrogens is 1. The van der Waals surface area contributed by atoms with Gasteiger partial charge in [0.25, 0.3) is 0 Å². The Morgan fingerprint density at radius 2 is 1.74 bits per heavy atom. The average molecular weight is 469 g/mol. The second kappa shape index (κ2) is 9.07. The summed E-state index contributed by atoms with van der Waals surface area (Å²) in [5.74, 6) is 3.16. The molecule has 6 rings (SSSR count). The molecule has 2 aliphatic heterocycles. The van der Waals surface area contributed by atoms with E-state index in [9.17, 15) is 4.79 Å². The number of rotatable bonds is 5. The summed E-state index contributed by atoms with van der Waals surface area (Å²) in [6.45, 7) is 6.46. The molecule has 3 aromatic carbocycles. The molecule has 2 fully saturated rings. The molecule has 0 bridgehead atoms. The number of carbonyl (C=O) groups excluding carboxylic acids is 1. The van der Waals surface area contributed by atoms with Crippen molar-refractivity contribution in [1.29, 1.82) is 0 Å². The molecule has 2 aliphatic rings. The molecule has 2 amide bonds. The molecule has 1 N–H and O–H groups in total. The lowest BCUT2D eigenvalue weighted by Crippen LogP contribution is -2.36. The van der Waals surface area contributed by atoms with Gasteiger partial charge in [0.15, 0.2) is 11.4 Å². The van der Waals surface area contributed by atoms with Crippen molar-refractivity contribution in [2.75, 3.05) is 31.5 Å². The number of hydrogen-bond acceptors (Lipinski definition) is 5. The van der Waals surface area contributed by atoms with Gasteiger partial charge < -0.3 is 14.2 Å². The van der Waals surface area contributed by atoms with Gasteiger partial charge in [-0.05, 0) is 60.7 Å². The molecule has 35 heavy (non-hydrogen) atoms. The second-order valence-electron chi connectivity index (χ2n) is 9.64. The van der Waals surface area contributed by atoms with Crippen LogP contribution in [-0.2, 0) is 6.54 Å². The summed E-state index contributed by atoms with van der Waals surface area (Å²) in [5, 5.41) is 7.77. The number of ether oxygens (including phenoxy) is 1. The summed E-state index contributed by atoms with van der Waals surface area (Å²) in [6, 6.07) is 23.9.